The summed E-state index contributed by atoms with van der Waals surface area (Å²) < 4.78 is 0. The van der Waals surface area contributed by atoms with Gasteiger partial charge in [-0.2, -0.15) is 5.26 Å². The van der Waals surface area contributed by atoms with Crippen molar-refractivity contribution in [1.29, 1.82) is 5.26 Å². The maximum absolute atomic E-state index is 12.2. The van der Waals surface area contributed by atoms with E-state index in [1.165, 1.54) is 17.5 Å². The second kappa shape index (κ2) is 6.62. The van der Waals surface area contributed by atoms with E-state index in [-0.39, 0.29) is 5.41 Å². The maximum atomic E-state index is 12.2. The van der Waals surface area contributed by atoms with Crippen LogP contribution in [0, 0.1) is 17.2 Å². The molecule has 1 N–H and O–H groups in total. The summed E-state index contributed by atoms with van der Waals surface area (Å²) >= 11 is 1.24. The van der Waals surface area contributed by atoms with Crippen LogP contribution in [0.5, 0.6) is 0 Å². The third-order valence-electron chi connectivity index (χ3n) is 2.59. The summed E-state index contributed by atoms with van der Waals surface area (Å²) in [6.07, 6.45) is 2.21. The highest BCUT2D eigenvalue weighted by molar-refractivity contribution is 7.13. The molecule has 0 spiro atoms. The van der Waals surface area contributed by atoms with Gasteiger partial charge in [0.2, 0.25) is 11.7 Å². The van der Waals surface area contributed by atoms with E-state index in [9.17, 15) is 9.59 Å². The molecule has 1 aromatic rings. The largest absolute Gasteiger partial charge is 0.355 e. The quantitative estimate of drug-likeness (QED) is 0.667. The molecule has 1 atom stereocenters. The second-order valence-corrected chi connectivity index (χ2v) is 6.53. The number of Topliss-reactive ketones (excluding diaryl/α,β-unsaturated/α-hetero) is 1. The molecule has 6 heteroatoms. The Morgan fingerprint density at radius 1 is 1.50 bits per heavy atom. The van der Waals surface area contributed by atoms with Gasteiger partial charge in [-0.3, -0.25) is 9.59 Å². The maximum Gasteiger partial charge on any atom is 0.245 e. The summed E-state index contributed by atoms with van der Waals surface area (Å²) in [6, 6.07) is 1.77. The number of rotatable bonds is 5. The van der Waals surface area contributed by atoms with E-state index in [4.69, 9.17) is 5.26 Å². The Morgan fingerprint density at radius 2 is 2.15 bits per heavy atom. The molecule has 0 saturated heterocycles. The average molecular weight is 293 g/mol. The Balaban J connectivity index is 2.90. The second-order valence-electron chi connectivity index (χ2n) is 5.50. The molecule has 0 radical (unpaired) electrons. The summed E-state index contributed by atoms with van der Waals surface area (Å²) in [4.78, 5) is 28.5. The normalized spacial score (nSPS) is 12.6. The Labute approximate surface area is 123 Å². The number of hydrogen-bond donors (Lipinski definition) is 1. The molecule has 0 aromatic carbocycles. The van der Waals surface area contributed by atoms with Gasteiger partial charge < -0.3 is 5.32 Å². The van der Waals surface area contributed by atoms with Crippen LogP contribution in [0.1, 0.15) is 48.8 Å². The molecule has 20 heavy (non-hydrogen) atoms. The lowest BCUT2D eigenvalue weighted by Crippen LogP contribution is -2.34. The molecule has 0 fully saturated rings. The summed E-state index contributed by atoms with van der Waals surface area (Å²) in [5.74, 6) is -2.31. The van der Waals surface area contributed by atoms with Crippen LogP contribution >= 0.6 is 11.3 Å². The van der Waals surface area contributed by atoms with Crippen LogP contribution < -0.4 is 5.32 Å². The predicted octanol–water partition coefficient (Wildman–Crippen LogP) is 2.29. The SMILES string of the molecule is CCCNC(=O)[C@H](C#N)C(=O)c1cnc(C(C)(C)C)s1. The highest BCUT2D eigenvalue weighted by Crippen LogP contribution is 2.28. The van der Waals surface area contributed by atoms with Crippen molar-refractivity contribution in [2.24, 2.45) is 5.92 Å². The van der Waals surface area contributed by atoms with Gasteiger partial charge in [0.15, 0.2) is 5.92 Å². The Hall–Kier alpha value is -1.74. The number of hydrogen-bond acceptors (Lipinski definition) is 5. The van der Waals surface area contributed by atoms with Crippen molar-refractivity contribution >= 4 is 23.0 Å². The van der Waals surface area contributed by atoms with Crippen molar-refractivity contribution in [3.8, 4) is 6.07 Å². The Bertz CT molecular complexity index is 537. The Kier molecular flexibility index (Phi) is 5.40. The van der Waals surface area contributed by atoms with Gasteiger partial charge in [0.25, 0.3) is 0 Å². The molecule has 1 rings (SSSR count). The lowest BCUT2D eigenvalue weighted by Gasteiger charge is -2.13. The lowest BCUT2D eigenvalue weighted by atomic mass is 9.98. The van der Waals surface area contributed by atoms with Crippen molar-refractivity contribution in [1.82, 2.24) is 10.3 Å². The highest BCUT2D eigenvalue weighted by Gasteiger charge is 2.30. The summed E-state index contributed by atoms with van der Waals surface area (Å²) in [7, 11) is 0. The van der Waals surface area contributed by atoms with Gasteiger partial charge >= 0.3 is 0 Å². The van der Waals surface area contributed by atoms with Crippen LogP contribution in [0.4, 0.5) is 0 Å². The van der Waals surface area contributed by atoms with E-state index >= 15 is 0 Å². The smallest absolute Gasteiger partial charge is 0.245 e. The molecule has 5 nitrogen and oxygen atoms in total. The van der Waals surface area contributed by atoms with Crippen molar-refractivity contribution < 1.29 is 9.59 Å². The first-order valence-corrected chi connectivity index (χ1v) is 7.30. The van der Waals surface area contributed by atoms with Crippen molar-refractivity contribution in [2.45, 2.75) is 39.5 Å². The highest BCUT2D eigenvalue weighted by atomic mass is 32.1. The fourth-order valence-electron chi connectivity index (χ4n) is 1.46. The third-order valence-corrected chi connectivity index (χ3v) is 4.03. The topological polar surface area (TPSA) is 82.9 Å². The van der Waals surface area contributed by atoms with Gasteiger partial charge in [-0.15, -0.1) is 11.3 Å². The number of thiazole rings is 1. The fourth-order valence-corrected chi connectivity index (χ4v) is 2.41. The summed E-state index contributed by atoms with van der Waals surface area (Å²) in [5.41, 5.74) is -0.157. The van der Waals surface area contributed by atoms with Gasteiger partial charge in [-0.25, -0.2) is 4.98 Å². The number of carbonyl (C=O) groups excluding carboxylic acids is 2. The zero-order chi connectivity index (χ0) is 15.3. The van der Waals surface area contributed by atoms with Crippen LogP contribution in [-0.2, 0) is 10.2 Å². The van der Waals surface area contributed by atoms with E-state index in [1.807, 2.05) is 27.7 Å². The van der Waals surface area contributed by atoms with E-state index in [0.717, 1.165) is 11.4 Å². The van der Waals surface area contributed by atoms with E-state index in [1.54, 1.807) is 6.07 Å². The molecule has 1 amide bonds. The van der Waals surface area contributed by atoms with E-state index in [0.29, 0.717) is 11.4 Å². The molecule has 0 aliphatic heterocycles. The van der Waals surface area contributed by atoms with Crippen LogP contribution in [0.3, 0.4) is 0 Å². The zero-order valence-electron chi connectivity index (χ0n) is 12.2. The first-order chi connectivity index (χ1) is 9.31. The molecular weight excluding hydrogens is 274 g/mol. The van der Waals surface area contributed by atoms with Crippen LogP contribution in [0.2, 0.25) is 0 Å². The minimum absolute atomic E-state index is 0.157. The number of ketones is 1. The molecule has 0 aliphatic rings. The van der Waals surface area contributed by atoms with E-state index < -0.39 is 17.6 Å². The number of aromatic nitrogens is 1. The fraction of sp³-hybridized carbons (Fsp3) is 0.571. The predicted molar refractivity (Wildman–Crippen MR) is 77.5 cm³/mol. The van der Waals surface area contributed by atoms with Crippen LogP contribution in [0.25, 0.3) is 0 Å². The number of nitrogens with zero attached hydrogens (tertiary/aromatic N) is 2. The number of nitriles is 1. The van der Waals surface area contributed by atoms with Crippen molar-refractivity contribution in [3.05, 3.63) is 16.1 Å². The molecule has 1 heterocycles. The van der Waals surface area contributed by atoms with Crippen LogP contribution in [0.15, 0.2) is 6.20 Å². The summed E-state index contributed by atoms with van der Waals surface area (Å²) in [6.45, 7) is 8.35. The molecule has 0 saturated carbocycles. The number of carbonyl (C=O) groups is 2. The molecule has 1 aromatic heterocycles. The van der Waals surface area contributed by atoms with Gasteiger partial charge in [0.1, 0.15) is 0 Å². The molecule has 0 aliphatic carbocycles. The number of amides is 1. The molecular formula is C14H19N3O2S. The standard InChI is InChI=1S/C14H19N3O2S/c1-5-6-16-12(19)9(7-15)11(18)10-8-17-13(20-10)14(2,3)4/h8-9H,5-6H2,1-4H3,(H,16,19)/t9-/m1/s1. The van der Waals surface area contributed by atoms with Gasteiger partial charge in [0, 0.05) is 18.2 Å². The molecule has 0 unspecified atom stereocenters. The van der Waals surface area contributed by atoms with Gasteiger partial charge in [-0.1, -0.05) is 27.7 Å². The zero-order valence-corrected chi connectivity index (χ0v) is 13.0. The van der Waals surface area contributed by atoms with Crippen molar-refractivity contribution in [3.63, 3.8) is 0 Å². The van der Waals surface area contributed by atoms with Crippen molar-refractivity contribution in [2.75, 3.05) is 6.54 Å². The third kappa shape index (κ3) is 3.87. The minimum Gasteiger partial charge on any atom is -0.355 e. The summed E-state index contributed by atoms with van der Waals surface area (Å²) in [5, 5.41) is 12.4. The lowest BCUT2D eigenvalue weighted by molar-refractivity contribution is -0.122. The first-order valence-electron chi connectivity index (χ1n) is 6.49. The van der Waals surface area contributed by atoms with Gasteiger partial charge in [0.05, 0.1) is 16.0 Å². The molecule has 0 bridgehead atoms. The number of nitrogens with one attached hydrogen (secondary N) is 1. The average Bonchev–Trinajstić information content (AvgIpc) is 2.86. The van der Waals surface area contributed by atoms with Gasteiger partial charge in [-0.05, 0) is 6.42 Å². The first kappa shape index (κ1) is 16.3. The monoisotopic (exact) mass is 293 g/mol. The van der Waals surface area contributed by atoms with Crippen LogP contribution in [-0.4, -0.2) is 23.2 Å². The van der Waals surface area contributed by atoms with E-state index in [2.05, 4.69) is 10.3 Å². The Morgan fingerprint density at radius 3 is 2.60 bits per heavy atom. The molecule has 108 valence electrons. The minimum atomic E-state index is -1.30.